The number of nitrogens with zero attached hydrogens (tertiary/aromatic N) is 4. The Morgan fingerprint density at radius 1 is 0.914 bits per heavy atom. The van der Waals surface area contributed by atoms with E-state index in [0.29, 0.717) is 56.3 Å². The molecule has 0 bridgehead atoms. The van der Waals surface area contributed by atoms with Crippen molar-refractivity contribution in [1.82, 2.24) is 0 Å². The summed E-state index contributed by atoms with van der Waals surface area (Å²) < 4.78 is 5.32. The molecule has 2 saturated heterocycles. The summed E-state index contributed by atoms with van der Waals surface area (Å²) in [6.45, 7) is 4.74. The summed E-state index contributed by atoms with van der Waals surface area (Å²) in [5.74, 6) is 0.134. The molecular weight excluding hydrogens is 448 g/mol. The number of carbonyl (C=O) groups excluding carboxylic acids is 2. The Morgan fingerprint density at radius 3 is 2.34 bits per heavy atom. The molecule has 3 atom stereocenters. The number of ether oxygens (including phenoxy) is 1. The normalized spacial score (nSPS) is 24.5. The Kier molecular flexibility index (Phi) is 6.08. The van der Waals surface area contributed by atoms with Crippen LogP contribution >= 0.6 is 0 Å². The summed E-state index contributed by atoms with van der Waals surface area (Å²) in [7, 11) is 1.64. The maximum absolute atomic E-state index is 13.1. The molecule has 0 N–H and O–H groups in total. The van der Waals surface area contributed by atoms with Gasteiger partial charge in [0.15, 0.2) is 0 Å². The van der Waals surface area contributed by atoms with Crippen LogP contribution in [0.3, 0.4) is 0 Å². The minimum absolute atomic E-state index is 0.0822. The second kappa shape index (κ2) is 9.20. The number of amides is 2. The van der Waals surface area contributed by atoms with Crippen LogP contribution in [0.2, 0.25) is 0 Å². The molecule has 2 aromatic rings. The molecule has 2 aliphatic heterocycles. The summed E-state index contributed by atoms with van der Waals surface area (Å²) in [5, 5.41) is 12.0. The molecule has 2 heterocycles. The van der Waals surface area contributed by atoms with Crippen molar-refractivity contribution in [2.45, 2.75) is 26.2 Å². The highest BCUT2D eigenvalue weighted by molar-refractivity contribution is 6.22. The van der Waals surface area contributed by atoms with Gasteiger partial charge in [0.1, 0.15) is 11.4 Å². The number of methoxy groups -OCH3 is 1. The van der Waals surface area contributed by atoms with Gasteiger partial charge in [0.05, 0.1) is 29.6 Å². The number of fused-ring (bicyclic) bond motifs is 1. The van der Waals surface area contributed by atoms with E-state index in [9.17, 15) is 19.7 Å². The first-order valence-electron chi connectivity index (χ1n) is 12.2. The van der Waals surface area contributed by atoms with E-state index in [0.717, 1.165) is 17.9 Å². The molecule has 184 valence electrons. The zero-order valence-electron chi connectivity index (χ0n) is 20.1. The lowest BCUT2D eigenvalue weighted by molar-refractivity contribution is -0.384. The number of anilines is 3. The Hall–Kier alpha value is -3.62. The number of imide groups is 1. The maximum Gasteiger partial charge on any atom is 0.294 e. The largest absolute Gasteiger partial charge is 0.497 e. The number of carbonyl (C=O) groups is 2. The standard InChI is InChI=1S/C26H30N4O5/c1-17-6-8-21-22(14-17)26(32)29(25(21)31)19-7-9-23(24(16-19)30(33)34)28-12-10-27(11-13-28)18-4-3-5-20(15-18)35-2/h3-5,7,9,15-17,21-22H,6,8,10-14H2,1-2H3/t17-,21-,22-/m1/s1. The maximum atomic E-state index is 13.1. The van der Waals surface area contributed by atoms with Gasteiger partial charge in [0.2, 0.25) is 11.8 Å². The smallest absolute Gasteiger partial charge is 0.294 e. The van der Waals surface area contributed by atoms with E-state index in [2.05, 4.69) is 11.8 Å². The van der Waals surface area contributed by atoms with Crippen molar-refractivity contribution in [2.24, 2.45) is 17.8 Å². The van der Waals surface area contributed by atoms with Gasteiger partial charge in [-0.05, 0) is 49.4 Å². The van der Waals surface area contributed by atoms with Gasteiger partial charge >= 0.3 is 0 Å². The van der Waals surface area contributed by atoms with E-state index in [1.165, 1.54) is 11.0 Å². The van der Waals surface area contributed by atoms with Crippen LogP contribution in [0.5, 0.6) is 5.75 Å². The van der Waals surface area contributed by atoms with Gasteiger partial charge in [0.25, 0.3) is 5.69 Å². The first-order valence-corrected chi connectivity index (χ1v) is 12.2. The molecule has 5 rings (SSSR count). The lowest BCUT2D eigenvalue weighted by Gasteiger charge is -2.37. The number of hydrogen-bond acceptors (Lipinski definition) is 7. The van der Waals surface area contributed by atoms with Crippen LogP contribution in [-0.4, -0.2) is 50.0 Å². The van der Waals surface area contributed by atoms with Crippen LogP contribution in [-0.2, 0) is 9.59 Å². The van der Waals surface area contributed by atoms with Gasteiger partial charge in [-0.1, -0.05) is 13.0 Å². The predicted octanol–water partition coefficient (Wildman–Crippen LogP) is 3.86. The van der Waals surface area contributed by atoms with Gasteiger partial charge in [0, 0.05) is 44.0 Å². The van der Waals surface area contributed by atoms with Crippen molar-refractivity contribution in [1.29, 1.82) is 0 Å². The molecule has 3 fully saturated rings. The van der Waals surface area contributed by atoms with Crippen molar-refractivity contribution >= 4 is 34.6 Å². The summed E-state index contributed by atoms with van der Waals surface area (Å²) in [5.41, 5.74) is 1.78. The first-order chi connectivity index (χ1) is 16.9. The number of nitro benzene ring substituents is 1. The molecule has 2 aromatic carbocycles. The van der Waals surface area contributed by atoms with Crippen LogP contribution in [0.1, 0.15) is 26.2 Å². The highest BCUT2D eigenvalue weighted by Crippen LogP contribution is 2.43. The second-order valence-corrected chi connectivity index (χ2v) is 9.75. The number of rotatable bonds is 5. The Morgan fingerprint density at radius 2 is 1.63 bits per heavy atom. The van der Waals surface area contributed by atoms with Crippen LogP contribution in [0, 0.1) is 27.9 Å². The van der Waals surface area contributed by atoms with E-state index in [-0.39, 0.29) is 29.3 Å². The van der Waals surface area contributed by atoms with Crippen molar-refractivity contribution in [3.8, 4) is 5.75 Å². The van der Waals surface area contributed by atoms with Gasteiger partial charge in [-0.15, -0.1) is 0 Å². The summed E-state index contributed by atoms with van der Waals surface area (Å²) in [6.07, 6.45) is 2.32. The second-order valence-electron chi connectivity index (χ2n) is 9.75. The van der Waals surface area contributed by atoms with E-state index in [1.54, 1.807) is 19.2 Å². The fourth-order valence-corrected chi connectivity index (χ4v) is 5.72. The van der Waals surface area contributed by atoms with Gasteiger partial charge in [-0.2, -0.15) is 0 Å². The zero-order valence-corrected chi connectivity index (χ0v) is 20.1. The molecule has 2 amide bonds. The van der Waals surface area contributed by atoms with Gasteiger partial charge in [-0.25, -0.2) is 4.90 Å². The van der Waals surface area contributed by atoms with Crippen molar-refractivity contribution in [3.05, 3.63) is 52.6 Å². The third-order valence-corrected chi connectivity index (χ3v) is 7.64. The minimum Gasteiger partial charge on any atom is -0.497 e. The molecule has 9 heteroatoms. The minimum atomic E-state index is -0.423. The van der Waals surface area contributed by atoms with E-state index in [1.807, 2.05) is 29.2 Å². The first kappa shape index (κ1) is 23.1. The van der Waals surface area contributed by atoms with Crippen LogP contribution in [0.15, 0.2) is 42.5 Å². The summed E-state index contributed by atoms with van der Waals surface area (Å²) in [6, 6.07) is 12.6. The highest BCUT2D eigenvalue weighted by atomic mass is 16.6. The average Bonchev–Trinajstić information content (AvgIpc) is 3.12. The monoisotopic (exact) mass is 478 g/mol. The number of hydrogen-bond donors (Lipinski definition) is 0. The Labute approximate surface area is 204 Å². The molecule has 1 saturated carbocycles. The molecule has 3 aliphatic rings. The lowest BCUT2D eigenvalue weighted by atomic mass is 9.76. The zero-order chi connectivity index (χ0) is 24.7. The molecule has 0 unspecified atom stereocenters. The number of piperazine rings is 1. The van der Waals surface area contributed by atoms with E-state index < -0.39 is 4.92 Å². The number of benzene rings is 2. The molecule has 0 aromatic heterocycles. The summed E-state index contributed by atoms with van der Waals surface area (Å²) in [4.78, 5) is 43.1. The molecular formula is C26H30N4O5. The highest BCUT2D eigenvalue weighted by Gasteiger charge is 2.50. The van der Waals surface area contributed by atoms with Crippen LogP contribution < -0.4 is 19.4 Å². The lowest BCUT2D eigenvalue weighted by Crippen LogP contribution is -2.46. The average molecular weight is 479 g/mol. The topological polar surface area (TPSA) is 96.2 Å². The van der Waals surface area contributed by atoms with Crippen molar-refractivity contribution in [3.63, 3.8) is 0 Å². The summed E-state index contributed by atoms with van der Waals surface area (Å²) >= 11 is 0. The molecule has 35 heavy (non-hydrogen) atoms. The fraction of sp³-hybridized carbons (Fsp3) is 0.462. The Balaban J connectivity index is 1.36. The predicted molar refractivity (Wildman–Crippen MR) is 133 cm³/mol. The van der Waals surface area contributed by atoms with Crippen molar-refractivity contribution < 1.29 is 19.2 Å². The molecule has 1 aliphatic carbocycles. The van der Waals surface area contributed by atoms with Gasteiger partial charge in [-0.3, -0.25) is 19.7 Å². The SMILES string of the molecule is COc1cccc(N2CCN(c3ccc(N4C(=O)[C@@H]5CC[C@@H](C)C[C@H]5C4=O)cc3[N+](=O)[O-])CC2)c1. The molecule has 0 radical (unpaired) electrons. The van der Waals surface area contributed by atoms with E-state index >= 15 is 0 Å². The third-order valence-electron chi connectivity index (χ3n) is 7.64. The van der Waals surface area contributed by atoms with Crippen molar-refractivity contribution in [2.75, 3.05) is 48.0 Å². The molecule has 0 spiro atoms. The Bertz CT molecular complexity index is 1160. The van der Waals surface area contributed by atoms with Crippen LogP contribution in [0.25, 0.3) is 0 Å². The van der Waals surface area contributed by atoms with Gasteiger partial charge < -0.3 is 14.5 Å². The van der Waals surface area contributed by atoms with Crippen LogP contribution in [0.4, 0.5) is 22.7 Å². The quantitative estimate of drug-likeness (QED) is 0.366. The third kappa shape index (κ3) is 4.19. The van der Waals surface area contributed by atoms with E-state index in [4.69, 9.17) is 4.74 Å². The fourth-order valence-electron chi connectivity index (χ4n) is 5.72. The molecule has 9 nitrogen and oxygen atoms in total. The number of nitro groups is 1.